The maximum absolute atomic E-state index is 12.0. The molecule has 40 heavy (non-hydrogen) atoms. The third kappa shape index (κ3) is 8.64. The van der Waals surface area contributed by atoms with Crippen molar-refractivity contribution in [2.24, 2.45) is 0 Å². The molecule has 0 unspecified atom stereocenters. The minimum atomic E-state index is -0.561. The van der Waals surface area contributed by atoms with Gasteiger partial charge in [0, 0.05) is 30.0 Å². The number of nitro benzene ring substituents is 1. The first-order valence-corrected chi connectivity index (χ1v) is 14.3. The molecule has 1 aromatic carbocycles. The first-order valence-electron chi connectivity index (χ1n) is 13.2. The lowest BCUT2D eigenvalue weighted by Gasteiger charge is -2.16. The number of carbonyl (C=O) groups is 2. The van der Waals surface area contributed by atoms with Crippen LogP contribution in [0.25, 0.3) is 11.0 Å². The van der Waals surface area contributed by atoms with Crippen LogP contribution in [0.15, 0.2) is 16.8 Å². The molecule has 2 fully saturated rings. The summed E-state index contributed by atoms with van der Waals surface area (Å²) in [6.07, 6.45) is 3.26. The van der Waals surface area contributed by atoms with Crippen molar-refractivity contribution in [3.63, 3.8) is 0 Å². The van der Waals surface area contributed by atoms with Gasteiger partial charge in [-0.2, -0.15) is 11.8 Å². The quantitative estimate of drug-likeness (QED) is 0.0936. The molecule has 220 valence electrons. The minimum absolute atomic E-state index is 0.0180. The van der Waals surface area contributed by atoms with E-state index < -0.39 is 4.92 Å². The van der Waals surface area contributed by atoms with Gasteiger partial charge in [-0.05, 0) is 29.2 Å². The highest BCUT2D eigenvalue weighted by Gasteiger charge is 2.42. The molecule has 0 radical (unpaired) electrons. The highest BCUT2D eigenvalue weighted by atomic mass is 32.2. The normalized spacial score (nSPS) is 19.8. The number of amides is 3. The molecule has 1 aromatic heterocycles. The van der Waals surface area contributed by atoms with Crippen molar-refractivity contribution < 1.29 is 38.1 Å². The highest BCUT2D eigenvalue weighted by Crippen LogP contribution is 2.33. The average molecular weight is 583 g/mol. The summed E-state index contributed by atoms with van der Waals surface area (Å²) in [5.74, 6) is 1.29. The van der Waals surface area contributed by atoms with Gasteiger partial charge < -0.3 is 34.9 Å². The summed E-state index contributed by atoms with van der Waals surface area (Å²) in [6.45, 7) is 2.94. The Morgan fingerprint density at radius 2 is 1.77 bits per heavy atom. The number of nitrogens with one attached hydrogen (secondary N) is 3. The van der Waals surface area contributed by atoms with Gasteiger partial charge >= 0.3 is 11.7 Å². The summed E-state index contributed by atoms with van der Waals surface area (Å²) in [4.78, 5) is 33.9. The number of nitro groups is 1. The van der Waals surface area contributed by atoms with Gasteiger partial charge in [0.25, 0.3) is 0 Å². The number of fused-ring (bicyclic) bond motifs is 2. The molecule has 0 spiro atoms. The van der Waals surface area contributed by atoms with Crippen LogP contribution in [0.4, 0.5) is 10.5 Å². The van der Waals surface area contributed by atoms with Gasteiger partial charge in [-0.25, -0.2) is 9.42 Å². The van der Waals surface area contributed by atoms with E-state index in [0.717, 1.165) is 25.0 Å². The number of ether oxygens (including phenoxy) is 4. The molecule has 3 heterocycles. The first kappa shape index (κ1) is 29.8. The van der Waals surface area contributed by atoms with Crippen molar-refractivity contribution in [1.29, 1.82) is 0 Å². The lowest BCUT2D eigenvalue weighted by molar-refractivity contribution is -0.383. The molecule has 0 aliphatic carbocycles. The Morgan fingerprint density at radius 1 is 1.05 bits per heavy atom. The Balaban J connectivity index is 0.913. The van der Waals surface area contributed by atoms with Crippen LogP contribution in [0.2, 0.25) is 0 Å². The molecule has 2 aromatic rings. The fraction of sp³-hybridized carbons (Fsp3) is 0.667. The number of aromatic nitrogens is 2. The number of benzene rings is 1. The molecule has 0 saturated carbocycles. The van der Waals surface area contributed by atoms with Gasteiger partial charge in [-0.3, -0.25) is 14.9 Å². The molecule has 4 rings (SSSR count). The van der Waals surface area contributed by atoms with Crippen LogP contribution in [0.3, 0.4) is 0 Å². The van der Waals surface area contributed by atoms with Crippen molar-refractivity contribution in [2.75, 3.05) is 58.5 Å². The van der Waals surface area contributed by atoms with Gasteiger partial charge in [-0.1, -0.05) is 6.42 Å². The van der Waals surface area contributed by atoms with Gasteiger partial charge in [0.15, 0.2) is 11.3 Å². The van der Waals surface area contributed by atoms with E-state index in [1.807, 2.05) is 11.8 Å². The maximum atomic E-state index is 12.0. The second kappa shape index (κ2) is 15.5. The largest absolute Gasteiger partial charge is 0.489 e. The molecule has 0 bridgehead atoms. The van der Waals surface area contributed by atoms with E-state index in [0.29, 0.717) is 63.6 Å². The van der Waals surface area contributed by atoms with E-state index >= 15 is 0 Å². The zero-order chi connectivity index (χ0) is 28.2. The summed E-state index contributed by atoms with van der Waals surface area (Å²) in [5, 5.41) is 27.4. The van der Waals surface area contributed by atoms with Crippen LogP contribution in [0, 0.1) is 10.1 Å². The van der Waals surface area contributed by atoms with Crippen LogP contribution in [-0.2, 0) is 19.0 Å². The van der Waals surface area contributed by atoms with Crippen molar-refractivity contribution in [1.82, 2.24) is 26.3 Å². The van der Waals surface area contributed by atoms with E-state index in [4.69, 9.17) is 18.9 Å². The Hall–Kier alpha value is -3.21. The first-order chi connectivity index (χ1) is 19.5. The number of carbonyl (C=O) groups excluding carboxylic acids is 2. The third-order valence-electron chi connectivity index (χ3n) is 6.43. The number of hydrogen-bond donors (Lipinski definition) is 3. The van der Waals surface area contributed by atoms with E-state index in [2.05, 4.69) is 30.9 Å². The lowest BCUT2D eigenvalue weighted by atomic mass is 10.0. The molecule has 2 aliphatic rings. The van der Waals surface area contributed by atoms with E-state index in [1.165, 1.54) is 12.1 Å². The number of thioether (sulfide) groups is 1. The Labute approximate surface area is 234 Å². The summed E-state index contributed by atoms with van der Waals surface area (Å²) in [5.41, 5.74) is 0.0128. The monoisotopic (exact) mass is 582 g/mol. The van der Waals surface area contributed by atoms with Crippen molar-refractivity contribution >= 4 is 40.4 Å². The second-order valence-electron chi connectivity index (χ2n) is 9.20. The van der Waals surface area contributed by atoms with Crippen LogP contribution < -0.4 is 20.7 Å². The topological polar surface area (TPSA) is 189 Å². The number of unbranched alkanes of at least 4 members (excludes halogenated alkanes) is 1. The van der Waals surface area contributed by atoms with E-state index in [-0.39, 0.29) is 47.3 Å². The zero-order valence-electron chi connectivity index (χ0n) is 22.0. The maximum Gasteiger partial charge on any atom is 0.315 e. The van der Waals surface area contributed by atoms with Crippen molar-refractivity contribution in [2.45, 2.75) is 43.0 Å². The second-order valence-corrected chi connectivity index (χ2v) is 10.5. The van der Waals surface area contributed by atoms with Gasteiger partial charge in [0.05, 0.1) is 56.6 Å². The predicted octanol–water partition coefficient (Wildman–Crippen LogP) is 1.40. The van der Waals surface area contributed by atoms with Crippen molar-refractivity contribution in [3.8, 4) is 5.75 Å². The molecule has 3 amide bonds. The molecule has 3 N–H and O–H groups in total. The van der Waals surface area contributed by atoms with Gasteiger partial charge in [-0.15, -0.1) is 0 Å². The van der Waals surface area contributed by atoms with Gasteiger partial charge in [0.1, 0.15) is 6.61 Å². The molecule has 3 atom stereocenters. The predicted molar refractivity (Wildman–Crippen MR) is 143 cm³/mol. The molecular formula is C24H34N6O9S. The molecule has 15 nitrogen and oxygen atoms in total. The number of rotatable bonds is 19. The molecular weight excluding hydrogens is 548 g/mol. The Morgan fingerprint density at radius 3 is 2.55 bits per heavy atom. The summed E-state index contributed by atoms with van der Waals surface area (Å²) >= 11 is 1.89. The Bertz CT molecular complexity index is 1140. The van der Waals surface area contributed by atoms with E-state index in [1.54, 1.807) is 0 Å². The highest BCUT2D eigenvalue weighted by molar-refractivity contribution is 8.00. The zero-order valence-corrected chi connectivity index (χ0v) is 22.8. The minimum Gasteiger partial charge on any atom is -0.489 e. The third-order valence-corrected chi connectivity index (χ3v) is 7.94. The summed E-state index contributed by atoms with van der Waals surface area (Å²) < 4.78 is 26.5. The standard InChI is InChI=1S/C24H34N6O9S/c31-20(4-2-1-3-19-21-16(15-40-19)26-24(32)27-21)25-7-8-35-9-10-36-11-12-37-13-14-38-18-6-5-17(30(33)34)22-23(18)29-39-28-22/h5-6,16,19,21H,1-4,7-15H2,(H,25,31)(H2,26,27,32)/t16-,19-,21-/m0/s1. The Kier molecular flexibility index (Phi) is 11.6. The molecule has 16 heteroatoms. The van der Waals surface area contributed by atoms with Gasteiger partial charge in [0.2, 0.25) is 11.4 Å². The fourth-order valence-electron chi connectivity index (χ4n) is 4.47. The SMILES string of the molecule is O=C(CCCC[C@@H]1SC[C@@H]2NC(=O)N[C@@H]21)NCCOCCOCCOCCOc1ccc([N+](=O)[O-])c2nonc12. The molecule has 2 saturated heterocycles. The van der Waals surface area contributed by atoms with Crippen molar-refractivity contribution in [3.05, 3.63) is 22.2 Å². The average Bonchev–Trinajstić information content (AvgIpc) is 3.66. The number of nitrogens with zero attached hydrogens (tertiary/aromatic N) is 3. The van der Waals surface area contributed by atoms with Crippen LogP contribution in [-0.4, -0.2) is 103 Å². The summed E-state index contributed by atoms with van der Waals surface area (Å²) in [7, 11) is 0. The number of non-ortho nitro benzene ring substituents is 1. The van der Waals surface area contributed by atoms with Crippen LogP contribution >= 0.6 is 11.8 Å². The fourth-order valence-corrected chi connectivity index (χ4v) is 6.02. The van der Waals surface area contributed by atoms with Crippen LogP contribution in [0.1, 0.15) is 25.7 Å². The number of urea groups is 1. The lowest BCUT2D eigenvalue weighted by Crippen LogP contribution is -2.36. The molecule has 2 aliphatic heterocycles. The van der Waals surface area contributed by atoms with Crippen LogP contribution in [0.5, 0.6) is 5.75 Å². The summed E-state index contributed by atoms with van der Waals surface area (Å²) in [6, 6.07) is 3.11. The van der Waals surface area contributed by atoms with E-state index in [9.17, 15) is 19.7 Å². The number of hydrogen-bond acceptors (Lipinski definition) is 12. The smallest absolute Gasteiger partial charge is 0.315 e.